The number of carbonyl (C=O) groups excluding carboxylic acids is 1. The van der Waals surface area contributed by atoms with Gasteiger partial charge in [0.15, 0.2) is 5.54 Å². The molecule has 0 aromatic heterocycles. The molecule has 0 saturated heterocycles. The van der Waals surface area contributed by atoms with Gasteiger partial charge < -0.3 is 15.2 Å². The van der Waals surface area contributed by atoms with E-state index in [1.54, 1.807) is 24.3 Å². The molecule has 164 valence electrons. The van der Waals surface area contributed by atoms with Crippen LogP contribution in [0.5, 0.6) is 0 Å². The Bertz CT molecular complexity index is 1080. The average molecular weight is 430 g/mol. The fourth-order valence-electron chi connectivity index (χ4n) is 4.65. The third-order valence-corrected chi connectivity index (χ3v) is 6.01. The molecule has 0 fully saturated rings. The highest BCUT2D eigenvalue weighted by molar-refractivity contribution is 5.86. The van der Waals surface area contributed by atoms with E-state index >= 15 is 0 Å². The molecule has 0 aliphatic heterocycles. The summed E-state index contributed by atoms with van der Waals surface area (Å²) in [5, 5.41) is 12.8. The molecule has 2 N–H and O–H groups in total. The summed E-state index contributed by atoms with van der Waals surface area (Å²) in [6.45, 7) is 3.99. The van der Waals surface area contributed by atoms with Crippen molar-refractivity contribution < 1.29 is 19.4 Å². The maximum Gasteiger partial charge on any atom is 0.408 e. The van der Waals surface area contributed by atoms with Gasteiger partial charge in [0.05, 0.1) is 0 Å². The van der Waals surface area contributed by atoms with Gasteiger partial charge in [-0.05, 0) is 40.2 Å². The second-order valence-corrected chi connectivity index (χ2v) is 8.63. The number of nitrogens with one attached hydrogen (secondary N) is 1. The Morgan fingerprint density at radius 1 is 0.906 bits per heavy atom. The van der Waals surface area contributed by atoms with Gasteiger partial charge in [0.2, 0.25) is 0 Å². The van der Waals surface area contributed by atoms with Gasteiger partial charge >= 0.3 is 12.1 Å². The highest BCUT2D eigenvalue weighted by Gasteiger charge is 2.43. The van der Waals surface area contributed by atoms with Crippen molar-refractivity contribution >= 4 is 12.1 Å². The molecule has 0 radical (unpaired) electrons. The van der Waals surface area contributed by atoms with Gasteiger partial charge in [0, 0.05) is 5.92 Å². The van der Waals surface area contributed by atoms with Crippen molar-refractivity contribution in [1.82, 2.24) is 5.32 Å². The van der Waals surface area contributed by atoms with Crippen LogP contribution in [0.1, 0.15) is 42.9 Å². The van der Waals surface area contributed by atoms with Crippen LogP contribution in [0.15, 0.2) is 78.9 Å². The van der Waals surface area contributed by atoms with Crippen LogP contribution < -0.4 is 5.32 Å². The van der Waals surface area contributed by atoms with E-state index in [9.17, 15) is 14.7 Å². The summed E-state index contributed by atoms with van der Waals surface area (Å²) in [4.78, 5) is 25.3. The van der Waals surface area contributed by atoms with Crippen molar-refractivity contribution in [3.05, 3.63) is 95.6 Å². The highest BCUT2D eigenvalue weighted by atomic mass is 16.5. The number of rotatable bonds is 7. The van der Waals surface area contributed by atoms with Gasteiger partial charge in [-0.2, -0.15) is 0 Å². The van der Waals surface area contributed by atoms with Gasteiger partial charge in [-0.1, -0.05) is 92.7 Å². The van der Waals surface area contributed by atoms with E-state index in [1.165, 1.54) is 0 Å². The molecule has 0 spiro atoms. The second kappa shape index (κ2) is 8.87. The Kier molecular flexibility index (Phi) is 5.99. The van der Waals surface area contributed by atoms with E-state index in [2.05, 4.69) is 17.4 Å². The molecule has 1 unspecified atom stereocenters. The standard InChI is InChI=1S/C27H27NO4/c1-18(2)16-27(25(29)30,19-10-4-3-5-11-19)28-26(31)32-17-24-22-14-8-6-12-20(22)21-13-7-9-15-23(21)24/h3-15,18,24H,16-17H2,1-2H3,(H,28,31)(H,29,30). The van der Waals surface area contributed by atoms with Crippen LogP contribution in [0.25, 0.3) is 11.1 Å². The van der Waals surface area contributed by atoms with Crippen LogP contribution in [-0.2, 0) is 15.1 Å². The lowest BCUT2D eigenvalue weighted by Crippen LogP contribution is -2.53. The molecule has 1 atom stereocenters. The molecule has 1 aliphatic rings. The molecular formula is C27H27NO4. The van der Waals surface area contributed by atoms with E-state index in [-0.39, 0.29) is 24.9 Å². The van der Waals surface area contributed by atoms with Crippen LogP contribution in [0.3, 0.4) is 0 Å². The van der Waals surface area contributed by atoms with E-state index in [1.807, 2.05) is 56.3 Å². The molecule has 3 aromatic rings. The molecule has 0 heterocycles. The predicted molar refractivity (Wildman–Crippen MR) is 123 cm³/mol. The predicted octanol–water partition coefficient (Wildman–Crippen LogP) is 5.55. The minimum Gasteiger partial charge on any atom is -0.479 e. The first-order chi connectivity index (χ1) is 15.4. The third-order valence-electron chi connectivity index (χ3n) is 6.01. The molecule has 5 heteroatoms. The zero-order valence-electron chi connectivity index (χ0n) is 18.2. The molecule has 0 bridgehead atoms. The lowest BCUT2D eigenvalue weighted by atomic mass is 9.82. The summed E-state index contributed by atoms with van der Waals surface area (Å²) in [7, 11) is 0. The molecular weight excluding hydrogens is 402 g/mol. The van der Waals surface area contributed by atoms with Crippen LogP contribution in [0.2, 0.25) is 0 Å². The minimum atomic E-state index is -1.56. The highest BCUT2D eigenvalue weighted by Crippen LogP contribution is 2.44. The van der Waals surface area contributed by atoms with Crippen molar-refractivity contribution in [3.63, 3.8) is 0 Å². The summed E-state index contributed by atoms with van der Waals surface area (Å²) in [6.07, 6.45) is -0.491. The lowest BCUT2D eigenvalue weighted by molar-refractivity contribution is -0.146. The maximum atomic E-state index is 12.9. The molecule has 4 rings (SSSR count). The number of amides is 1. The largest absolute Gasteiger partial charge is 0.479 e. The molecule has 32 heavy (non-hydrogen) atoms. The molecule has 1 aliphatic carbocycles. The van der Waals surface area contributed by atoms with Crippen molar-refractivity contribution in [3.8, 4) is 11.1 Å². The monoisotopic (exact) mass is 429 g/mol. The fraction of sp³-hybridized carbons (Fsp3) is 0.259. The summed E-state index contributed by atoms with van der Waals surface area (Å²) in [6, 6.07) is 25.0. The van der Waals surface area contributed by atoms with E-state index < -0.39 is 17.6 Å². The summed E-state index contributed by atoms with van der Waals surface area (Å²) in [5.41, 5.74) is 3.46. The summed E-state index contributed by atoms with van der Waals surface area (Å²) in [5.74, 6) is -1.15. The molecule has 3 aromatic carbocycles. The number of hydrogen-bond acceptors (Lipinski definition) is 3. The van der Waals surface area contributed by atoms with Gasteiger partial charge in [-0.25, -0.2) is 9.59 Å². The van der Waals surface area contributed by atoms with Crippen molar-refractivity contribution in [2.45, 2.75) is 31.7 Å². The number of carboxylic acid groups (broad SMARTS) is 1. The first-order valence-electron chi connectivity index (χ1n) is 10.8. The number of carbonyl (C=O) groups is 2. The quantitative estimate of drug-likeness (QED) is 0.516. The lowest BCUT2D eigenvalue weighted by Gasteiger charge is -2.32. The molecule has 0 saturated carbocycles. The number of hydrogen-bond donors (Lipinski definition) is 2. The number of aliphatic carboxylic acids is 1. The Balaban J connectivity index is 1.57. The Labute approximate surface area is 188 Å². The maximum absolute atomic E-state index is 12.9. The Morgan fingerprint density at radius 2 is 1.44 bits per heavy atom. The van der Waals surface area contributed by atoms with Gasteiger partial charge in [-0.15, -0.1) is 0 Å². The van der Waals surface area contributed by atoms with E-state index in [0.717, 1.165) is 22.3 Å². The number of carboxylic acids is 1. The van der Waals surface area contributed by atoms with Crippen LogP contribution >= 0.6 is 0 Å². The smallest absolute Gasteiger partial charge is 0.408 e. The normalized spacial score (nSPS) is 14.3. The van der Waals surface area contributed by atoms with Gasteiger partial charge in [0.25, 0.3) is 0 Å². The number of ether oxygens (including phenoxy) is 1. The van der Waals surface area contributed by atoms with Crippen molar-refractivity contribution in [2.75, 3.05) is 6.61 Å². The summed E-state index contributed by atoms with van der Waals surface area (Å²) >= 11 is 0. The van der Waals surface area contributed by atoms with E-state index in [4.69, 9.17) is 4.74 Å². The summed E-state index contributed by atoms with van der Waals surface area (Å²) < 4.78 is 5.64. The zero-order valence-corrected chi connectivity index (χ0v) is 18.2. The van der Waals surface area contributed by atoms with Crippen LogP contribution in [-0.4, -0.2) is 23.8 Å². The van der Waals surface area contributed by atoms with Gasteiger partial charge in [-0.3, -0.25) is 0 Å². The van der Waals surface area contributed by atoms with E-state index in [0.29, 0.717) is 5.56 Å². The van der Waals surface area contributed by atoms with Crippen LogP contribution in [0.4, 0.5) is 4.79 Å². The Morgan fingerprint density at radius 3 is 1.97 bits per heavy atom. The Hall–Kier alpha value is -3.60. The molecule has 1 amide bonds. The van der Waals surface area contributed by atoms with Gasteiger partial charge in [0.1, 0.15) is 6.61 Å². The second-order valence-electron chi connectivity index (χ2n) is 8.63. The zero-order chi connectivity index (χ0) is 22.7. The third kappa shape index (κ3) is 3.98. The van der Waals surface area contributed by atoms with Crippen LogP contribution in [0, 0.1) is 5.92 Å². The molecule has 5 nitrogen and oxygen atoms in total. The SMILES string of the molecule is CC(C)CC(NC(=O)OCC1c2ccccc2-c2ccccc21)(C(=O)O)c1ccccc1. The topological polar surface area (TPSA) is 75.6 Å². The van der Waals surface area contributed by atoms with Crippen molar-refractivity contribution in [2.24, 2.45) is 5.92 Å². The average Bonchev–Trinajstić information content (AvgIpc) is 3.11. The number of alkyl carbamates (subject to hydrolysis) is 1. The first-order valence-corrected chi connectivity index (χ1v) is 10.8. The minimum absolute atomic E-state index is 0.0418. The van der Waals surface area contributed by atoms with Crippen molar-refractivity contribution in [1.29, 1.82) is 0 Å². The fourth-order valence-corrected chi connectivity index (χ4v) is 4.65. The first kappa shape index (κ1) is 21.6. The number of fused-ring (bicyclic) bond motifs is 3. The number of benzene rings is 3.